The number of carbonyl (C=O) groups is 2. The van der Waals surface area contributed by atoms with Gasteiger partial charge in [-0.2, -0.15) is 0 Å². The number of nitrogens with zero attached hydrogens (tertiary/aromatic N) is 1. The minimum Gasteiger partial charge on any atom is -0.445 e. The Labute approximate surface area is 136 Å². The molecule has 2 aromatic carbocycles. The van der Waals surface area contributed by atoms with Gasteiger partial charge in [0.15, 0.2) is 0 Å². The molecule has 112 valence electrons. The summed E-state index contributed by atoms with van der Waals surface area (Å²) in [6.45, 7) is 1.21. The molecule has 0 atom stereocenters. The van der Waals surface area contributed by atoms with Crippen LogP contribution >= 0.6 is 15.9 Å². The highest BCUT2D eigenvalue weighted by Gasteiger charge is 2.26. The maximum absolute atomic E-state index is 12.2. The van der Waals surface area contributed by atoms with Crippen LogP contribution in [0.3, 0.4) is 0 Å². The van der Waals surface area contributed by atoms with E-state index in [1.165, 1.54) is 0 Å². The Bertz CT molecular complexity index is 715. The third-order valence-electron chi connectivity index (χ3n) is 3.62. The number of hydrogen-bond donors (Lipinski definition) is 0. The second-order valence-corrected chi connectivity index (χ2v) is 6.01. The number of ether oxygens (including phenoxy) is 1. The van der Waals surface area contributed by atoms with Crippen LogP contribution in [0.25, 0.3) is 0 Å². The van der Waals surface area contributed by atoms with Crippen molar-refractivity contribution in [3.8, 4) is 0 Å². The number of fused-ring (bicyclic) bond motifs is 1. The van der Waals surface area contributed by atoms with Gasteiger partial charge in [-0.25, -0.2) is 4.79 Å². The first-order valence-corrected chi connectivity index (χ1v) is 7.69. The lowest BCUT2D eigenvalue weighted by molar-refractivity contribution is 0.0954. The van der Waals surface area contributed by atoms with Crippen LogP contribution in [0.4, 0.5) is 4.79 Å². The van der Waals surface area contributed by atoms with Crippen molar-refractivity contribution in [2.45, 2.75) is 19.7 Å². The number of amides is 1. The standard InChI is InChI=1S/C17H14BrNO3/c18-16-7-13(10-20)6-14-8-19(9-15(14)16)17(21)22-11-12-4-2-1-3-5-12/h1-7,10H,8-9,11H2. The van der Waals surface area contributed by atoms with Gasteiger partial charge in [0.2, 0.25) is 0 Å². The molecule has 22 heavy (non-hydrogen) atoms. The molecular weight excluding hydrogens is 346 g/mol. The van der Waals surface area contributed by atoms with E-state index in [1.807, 2.05) is 36.4 Å². The largest absolute Gasteiger partial charge is 0.445 e. The number of benzene rings is 2. The Balaban J connectivity index is 1.66. The summed E-state index contributed by atoms with van der Waals surface area (Å²) in [6, 6.07) is 13.2. The van der Waals surface area contributed by atoms with Gasteiger partial charge in [0.1, 0.15) is 12.9 Å². The lowest BCUT2D eigenvalue weighted by atomic mass is 10.1. The predicted molar refractivity (Wildman–Crippen MR) is 85.4 cm³/mol. The summed E-state index contributed by atoms with van der Waals surface area (Å²) in [5.41, 5.74) is 3.57. The SMILES string of the molecule is O=Cc1cc(Br)c2c(c1)CN(C(=O)OCc1ccccc1)C2. The van der Waals surface area contributed by atoms with Crippen LogP contribution in [0, 0.1) is 0 Å². The van der Waals surface area contributed by atoms with Gasteiger partial charge in [-0.1, -0.05) is 46.3 Å². The number of hydrogen-bond acceptors (Lipinski definition) is 3. The fourth-order valence-electron chi connectivity index (χ4n) is 2.50. The molecule has 1 aliphatic rings. The summed E-state index contributed by atoms with van der Waals surface area (Å²) in [5, 5.41) is 0. The van der Waals surface area contributed by atoms with Crippen LogP contribution in [-0.4, -0.2) is 17.3 Å². The molecule has 5 heteroatoms. The van der Waals surface area contributed by atoms with E-state index < -0.39 is 0 Å². The Kier molecular flexibility index (Phi) is 4.24. The van der Waals surface area contributed by atoms with E-state index in [9.17, 15) is 9.59 Å². The average Bonchev–Trinajstić information content (AvgIpc) is 2.98. The summed E-state index contributed by atoms with van der Waals surface area (Å²) >= 11 is 3.45. The van der Waals surface area contributed by atoms with Crippen molar-refractivity contribution >= 4 is 28.3 Å². The highest BCUT2D eigenvalue weighted by molar-refractivity contribution is 9.10. The molecule has 0 spiro atoms. The second-order valence-electron chi connectivity index (χ2n) is 5.15. The molecule has 0 saturated carbocycles. The Hall–Kier alpha value is -2.14. The van der Waals surface area contributed by atoms with Crippen LogP contribution < -0.4 is 0 Å². The van der Waals surface area contributed by atoms with Crippen molar-refractivity contribution in [3.63, 3.8) is 0 Å². The second kappa shape index (κ2) is 6.32. The first kappa shape index (κ1) is 14.8. The molecular formula is C17H14BrNO3. The van der Waals surface area contributed by atoms with Crippen molar-refractivity contribution in [1.29, 1.82) is 0 Å². The van der Waals surface area contributed by atoms with Gasteiger partial charge in [0, 0.05) is 16.6 Å². The fourth-order valence-corrected chi connectivity index (χ4v) is 3.14. The molecule has 1 heterocycles. The third-order valence-corrected chi connectivity index (χ3v) is 4.33. The predicted octanol–water partition coefficient (Wildman–Crippen LogP) is 3.91. The zero-order chi connectivity index (χ0) is 15.5. The van der Waals surface area contributed by atoms with Gasteiger partial charge in [-0.05, 0) is 28.8 Å². The number of halogens is 1. The van der Waals surface area contributed by atoms with E-state index in [-0.39, 0.29) is 12.7 Å². The maximum Gasteiger partial charge on any atom is 0.410 e. The summed E-state index contributed by atoms with van der Waals surface area (Å²) in [5.74, 6) is 0. The highest BCUT2D eigenvalue weighted by Crippen LogP contribution is 2.31. The lowest BCUT2D eigenvalue weighted by Crippen LogP contribution is -2.26. The monoisotopic (exact) mass is 359 g/mol. The number of aldehydes is 1. The van der Waals surface area contributed by atoms with Crippen molar-refractivity contribution in [1.82, 2.24) is 4.90 Å². The Morgan fingerprint density at radius 3 is 2.73 bits per heavy atom. The van der Waals surface area contributed by atoms with Gasteiger partial charge in [0.05, 0.1) is 6.54 Å². The Morgan fingerprint density at radius 1 is 1.23 bits per heavy atom. The first-order valence-electron chi connectivity index (χ1n) is 6.89. The van der Waals surface area contributed by atoms with Crippen LogP contribution in [0.5, 0.6) is 0 Å². The molecule has 0 aliphatic carbocycles. The first-order chi connectivity index (χ1) is 10.7. The minimum absolute atomic E-state index is 0.257. The molecule has 1 aliphatic heterocycles. The van der Waals surface area contributed by atoms with Crippen LogP contribution in [0.1, 0.15) is 27.0 Å². The van der Waals surface area contributed by atoms with Crippen molar-refractivity contribution < 1.29 is 14.3 Å². The molecule has 0 bridgehead atoms. The van der Waals surface area contributed by atoms with E-state index >= 15 is 0 Å². The summed E-state index contributed by atoms with van der Waals surface area (Å²) < 4.78 is 6.19. The van der Waals surface area contributed by atoms with Gasteiger partial charge in [-0.3, -0.25) is 9.69 Å². The van der Waals surface area contributed by atoms with Gasteiger partial charge < -0.3 is 4.74 Å². The molecule has 0 saturated heterocycles. The Morgan fingerprint density at radius 2 is 2.00 bits per heavy atom. The summed E-state index contributed by atoms with van der Waals surface area (Å²) in [7, 11) is 0. The lowest BCUT2D eigenvalue weighted by Gasteiger charge is -2.15. The average molecular weight is 360 g/mol. The summed E-state index contributed by atoms with van der Waals surface area (Å²) in [6.07, 6.45) is 0.459. The molecule has 4 nitrogen and oxygen atoms in total. The zero-order valence-corrected chi connectivity index (χ0v) is 13.4. The molecule has 0 N–H and O–H groups in total. The number of rotatable bonds is 3. The van der Waals surface area contributed by atoms with E-state index in [1.54, 1.807) is 11.0 Å². The molecule has 0 aromatic heterocycles. The minimum atomic E-state index is -0.348. The highest BCUT2D eigenvalue weighted by atomic mass is 79.9. The quantitative estimate of drug-likeness (QED) is 0.780. The third kappa shape index (κ3) is 3.04. The van der Waals surface area contributed by atoms with Gasteiger partial charge in [-0.15, -0.1) is 0 Å². The van der Waals surface area contributed by atoms with Crippen LogP contribution in [0.2, 0.25) is 0 Å². The van der Waals surface area contributed by atoms with Crippen molar-refractivity contribution in [2.75, 3.05) is 0 Å². The molecule has 1 amide bonds. The zero-order valence-electron chi connectivity index (χ0n) is 11.8. The van der Waals surface area contributed by atoms with Gasteiger partial charge in [0.25, 0.3) is 0 Å². The van der Waals surface area contributed by atoms with Gasteiger partial charge >= 0.3 is 6.09 Å². The summed E-state index contributed by atoms with van der Waals surface area (Å²) in [4.78, 5) is 24.7. The molecule has 0 fully saturated rings. The van der Waals surface area contributed by atoms with Crippen molar-refractivity contribution in [2.24, 2.45) is 0 Å². The smallest absolute Gasteiger partial charge is 0.410 e. The maximum atomic E-state index is 12.2. The van der Waals surface area contributed by atoms with Crippen LogP contribution in [0.15, 0.2) is 46.9 Å². The van der Waals surface area contributed by atoms with Crippen LogP contribution in [-0.2, 0) is 24.4 Å². The van der Waals surface area contributed by atoms with E-state index in [0.29, 0.717) is 18.7 Å². The van der Waals surface area contributed by atoms with E-state index in [2.05, 4.69) is 15.9 Å². The number of carbonyl (C=O) groups excluding carboxylic acids is 2. The normalized spacial score (nSPS) is 12.9. The van der Waals surface area contributed by atoms with E-state index in [4.69, 9.17) is 4.74 Å². The molecule has 0 radical (unpaired) electrons. The molecule has 2 aromatic rings. The van der Waals surface area contributed by atoms with Crippen molar-refractivity contribution in [3.05, 3.63) is 69.2 Å². The topological polar surface area (TPSA) is 46.6 Å². The molecule has 0 unspecified atom stereocenters. The molecule has 3 rings (SSSR count). The fraction of sp³-hybridized carbons (Fsp3) is 0.176. The van der Waals surface area contributed by atoms with E-state index in [0.717, 1.165) is 27.4 Å².